The van der Waals surface area contributed by atoms with Crippen molar-refractivity contribution in [2.45, 2.75) is 38.1 Å². The Morgan fingerprint density at radius 2 is 1.86 bits per heavy atom. The molecule has 0 heterocycles. The molecule has 0 aliphatic heterocycles. The third kappa shape index (κ3) is 11.8. The van der Waals surface area contributed by atoms with E-state index in [1.54, 1.807) is 18.2 Å². The third-order valence-electron chi connectivity index (χ3n) is 4.26. The Balaban J connectivity index is 2.48. The fraction of sp³-hybridized carbons (Fsp3) is 0.450. The number of carboxylic acids is 1. The minimum atomic E-state index is -1.26. The van der Waals surface area contributed by atoms with Gasteiger partial charge in [-0.1, -0.05) is 24.3 Å². The van der Waals surface area contributed by atoms with Crippen molar-refractivity contribution < 1.29 is 48.5 Å². The number of benzene rings is 1. The molecule has 14 nitrogen and oxygen atoms in total. The minimum Gasteiger partial charge on any atom is -0.480 e. The minimum absolute atomic E-state index is 0.0963. The van der Waals surface area contributed by atoms with Crippen molar-refractivity contribution in [2.75, 3.05) is 18.6 Å². The van der Waals surface area contributed by atoms with Crippen LogP contribution in [0.3, 0.4) is 0 Å². The number of ether oxygens (including phenoxy) is 2. The summed E-state index contributed by atoms with van der Waals surface area (Å²) in [5.41, 5.74) is 6.29. The van der Waals surface area contributed by atoms with E-state index in [4.69, 9.17) is 15.6 Å². The summed E-state index contributed by atoms with van der Waals surface area (Å²) in [6.45, 7) is -0.532. The molecule has 1 amide bonds. The molecule has 1 rings (SSSR count). The second-order valence-corrected chi connectivity index (χ2v) is 7.99. The van der Waals surface area contributed by atoms with Crippen LogP contribution in [0.15, 0.2) is 24.3 Å². The number of nitrogens with two attached hydrogens (primary N) is 1. The number of Topliss-reactive ketones (excluding diaryl/α,β-unsaturated/α-hetero) is 1. The van der Waals surface area contributed by atoms with Crippen LogP contribution < -0.4 is 11.1 Å². The summed E-state index contributed by atoms with van der Waals surface area (Å²) in [7, 11) is 1.10. The molecule has 1 aromatic rings. The Morgan fingerprint density at radius 1 is 1.20 bits per heavy atom. The Kier molecular flexibility index (Phi) is 12.8. The molecule has 0 unspecified atom stereocenters. The van der Waals surface area contributed by atoms with Crippen LogP contribution >= 0.6 is 11.8 Å². The Morgan fingerprint density at radius 3 is 2.46 bits per heavy atom. The summed E-state index contributed by atoms with van der Waals surface area (Å²) in [5, 5.41) is 20.4. The number of carboxylic acid groups (broad SMARTS) is 1. The second kappa shape index (κ2) is 15.2. The molecule has 0 fully saturated rings. The number of methoxy groups -OCH3 is 1. The predicted molar refractivity (Wildman–Crippen MR) is 119 cm³/mol. The smallest absolute Gasteiger partial charge is 0.375 e. The number of amides is 1. The Bertz CT molecular complexity index is 941. The van der Waals surface area contributed by atoms with Crippen LogP contribution in [-0.2, 0) is 51.5 Å². The van der Waals surface area contributed by atoms with Gasteiger partial charge in [0.05, 0.1) is 12.9 Å². The van der Waals surface area contributed by atoms with Crippen molar-refractivity contribution in [1.29, 1.82) is 0 Å². The van der Waals surface area contributed by atoms with Crippen LogP contribution in [-0.4, -0.2) is 70.5 Å². The fourth-order valence-electron chi connectivity index (χ4n) is 2.48. The third-order valence-corrected chi connectivity index (χ3v) is 5.30. The van der Waals surface area contributed by atoms with Gasteiger partial charge in [0, 0.05) is 12.2 Å². The van der Waals surface area contributed by atoms with E-state index in [2.05, 4.69) is 14.9 Å². The van der Waals surface area contributed by atoms with Gasteiger partial charge in [0.2, 0.25) is 11.7 Å². The van der Waals surface area contributed by atoms with Crippen LogP contribution in [0.5, 0.6) is 0 Å². The van der Waals surface area contributed by atoms with Gasteiger partial charge in [-0.3, -0.25) is 14.4 Å². The number of nitrogens with one attached hydrogen (secondary N) is 1. The average Bonchev–Trinajstić information content (AvgIpc) is 2.83. The summed E-state index contributed by atoms with van der Waals surface area (Å²) in [6, 6.07) is 3.90. The van der Waals surface area contributed by atoms with E-state index >= 15 is 0 Å². The number of rotatable bonds is 16. The molecule has 0 radical (unpaired) electrons. The molecule has 0 aliphatic carbocycles. The summed E-state index contributed by atoms with van der Waals surface area (Å²) in [5.74, 6) is -5.13. The van der Waals surface area contributed by atoms with Crippen LogP contribution in [0.2, 0.25) is 0 Å². The van der Waals surface area contributed by atoms with Gasteiger partial charge in [-0.05, 0) is 17.5 Å². The number of hydrogen-bond acceptors (Lipinski definition) is 12. The van der Waals surface area contributed by atoms with Gasteiger partial charge >= 0.3 is 17.9 Å². The molecule has 2 atom stereocenters. The zero-order valence-electron chi connectivity index (χ0n) is 18.7. The SMILES string of the molecule is COC(=O)[C@H](CSCC(=O)C(=O)OCc1cccc(CO[N+](=O)[O-])c1)NC(=O)CC[C@H](N)C(=O)O. The van der Waals surface area contributed by atoms with E-state index in [1.807, 2.05) is 0 Å². The van der Waals surface area contributed by atoms with Gasteiger partial charge in [-0.2, -0.15) is 11.8 Å². The van der Waals surface area contributed by atoms with Crippen LogP contribution in [0.4, 0.5) is 0 Å². The van der Waals surface area contributed by atoms with E-state index in [0.29, 0.717) is 11.1 Å². The maximum absolute atomic E-state index is 12.0. The normalized spacial score (nSPS) is 12.1. The average molecular weight is 515 g/mol. The number of hydrogen-bond donors (Lipinski definition) is 3. The van der Waals surface area contributed by atoms with Crippen molar-refractivity contribution in [2.24, 2.45) is 5.73 Å². The number of carbonyl (C=O) groups is 5. The van der Waals surface area contributed by atoms with Crippen molar-refractivity contribution >= 4 is 41.4 Å². The molecular formula is C20H25N3O11S. The van der Waals surface area contributed by atoms with Crippen molar-refractivity contribution in [3.05, 3.63) is 45.5 Å². The van der Waals surface area contributed by atoms with Gasteiger partial charge in [0.25, 0.3) is 5.09 Å². The molecule has 192 valence electrons. The maximum Gasteiger partial charge on any atom is 0.375 e. The van der Waals surface area contributed by atoms with Crippen molar-refractivity contribution in [1.82, 2.24) is 5.32 Å². The summed E-state index contributed by atoms with van der Waals surface area (Å²) in [6.07, 6.45) is -0.381. The molecule has 1 aromatic carbocycles. The highest BCUT2D eigenvalue weighted by Crippen LogP contribution is 2.10. The number of nitrogens with zero attached hydrogens (tertiary/aromatic N) is 1. The standard InChI is InChI=1S/C20H25N3O11S/c1-32-19(28)15(22-17(25)6-5-14(21)18(26)27)10-35-11-16(24)20(29)33-8-12-3-2-4-13(7-12)9-34-23(30)31/h2-4,7,14-15H,5-6,8-11,21H2,1H3,(H,22,25)(H,26,27)/t14-,15-/m0/s1. The van der Waals surface area contributed by atoms with Crippen molar-refractivity contribution in [3.8, 4) is 0 Å². The summed E-state index contributed by atoms with van der Waals surface area (Å²) in [4.78, 5) is 73.1. The number of carbonyl (C=O) groups excluding carboxylic acids is 4. The highest BCUT2D eigenvalue weighted by Gasteiger charge is 2.24. The fourth-order valence-corrected chi connectivity index (χ4v) is 3.36. The molecule has 0 bridgehead atoms. The maximum atomic E-state index is 12.0. The lowest BCUT2D eigenvalue weighted by Crippen LogP contribution is -2.44. The van der Waals surface area contributed by atoms with Gasteiger partial charge in [-0.25, -0.2) is 9.59 Å². The lowest BCUT2D eigenvalue weighted by Gasteiger charge is -2.16. The number of esters is 2. The first-order valence-corrected chi connectivity index (χ1v) is 11.2. The van der Waals surface area contributed by atoms with Crippen LogP contribution in [0.25, 0.3) is 0 Å². The first-order chi connectivity index (χ1) is 16.5. The molecule has 35 heavy (non-hydrogen) atoms. The molecule has 0 spiro atoms. The Hall–Kier alpha value is -3.72. The Labute approximate surface area is 203 Å². The zero-order valence-corrected chi connectivity index (χ0v) is 19.5. The topological polar surface area (TPSA) is 214 Å². The van der Waals surface area contributed by atoms with Gasteiger partial charge in [-0.15, -0.1) is 10.1 Å². The monoisotopic (exact) mass is 515 g/mol. The summed E-state index contributed by atoms with van der Waals surface area (Å²) < 4.78 is 9.54. The lowest BCUT2D eigenvalue weighted by atomic mass is 10.1. The van der Waals surface area contributed by atoms with Gasteiger partial charge in [0.1, 0.15) is 25.3 Å². The largest absolute Gasteiger partial charge is 0.480 e. The first-order valence-electron chi connectivity index (χ1n) is 10.0. The predicted octanol–water partition coefficient (Wildman–Crippen LogP) is -0.410. The number of aliphatic carboxylic acids is 1. The van der Waals surface area contributed by atoms with Crippen LogP contribution in [0.1, 0.15) is 24.0 Å². The van der Waals surface area contributed by atoms with Crippen molar-refractivity contribution in [3.63, 3.8) is 0 Å². The highest BCUT2D eigenvalue weighted by molar-refractivity contribution is 8.00. The molecule has 0 saturated heterocycles. The molecule has 15 heteroatoms. The van der Waals surface area contributed by atoms with E-state index in [-0.39, 0.29) is 37.6 Å². The van der Waals surface area contributed by atoms with E-state index < -0.39 is 46.8 Å². The molecular weight excluding hydrogens is 490 g/mol. The number of ketones is 1. The molecule has 4 N–H and O–H groups in total. The summed E-state index contributed by atoms with van der Waals surface area (Å²) >= 11 is 0.881. The van der Waals surface area contributed by atoms with Crippen LogP contribution in [0, 0.1) is 10.1 Å². The quantitative estimate of drug-likeness (QED) is 0.111. The van der Waals surface area contributed by atoms with Gasteiger partial charge in [0.15, 0.2) is 0 Å². The lowest BCUT2D eigenvalue weighted by molar-refractivity contribution is -0.763. The molecule has 0 aromatic heterocycles. The molecule has 0 aliphatic rings. The number of thioether (sulfide) groups is 1. The van der Waals surface area contributed by atoms with E-state index in [9.17, 15) is 34.1 Å². The van der Waals surface area contributed by atoms with E-state index in [1.165, 1.54) is 6.07 Å². The first kappa shape index (κ1) is 29.3. The zero-order chi connectivity index (χ0) is 26.4. The highest BCUT2D eigenvalue weighted by atomic mass is 32.2. The van der Waals surface area contributed by atoms with Gasteiger partial charge < -0.3 is 30.5 Å². The molecule has 0 saturated carbocycles. The second-order valence-electron chi connectivity index (χ2n) is 6.96. The van der Waals surface area contributed by atoms with E-state index in [0.717, 1.165) is 18.9 Å².